The van der Waals surface area contributed by atoms with Gasteiger partial charge in [0, 0.05) is 12.2 Å². The van der Waals surface area contributed by atoms with Gasteiger partial charge >= 0.3 is 5.97 Å². The van der Waals surface area contributed by atoms with E-state index in [-0.39, 0.29) is 11.7 Å². The molecule has 0 aromatic heterocycles. The van der Waals surface area contributed by atoms with E-state index in [2.05, 4.69) is 13.2 Å². The molecule has 0 saturated carbocycles. The zero-order valence-electron chi connectivity index (χ0n) is 12.9. The molecular weight excluding hydrogens is 276 g/mol. The van der Waals surface area contributed by atoms with Gasteiger partial charge in [0.05, 0.1) is 25.6 Å². The molecule has 0 aromatic rings. The fourth-order valence-corrected chi connectivity index (χ4v) is 1.42. The quantitative estimate of drug-likeness (QED) is 0.230. The molecule has 0 bridgehead atoms. The highest BCUT2D eigenvalue weighted by Gasteiger charge is 2.10. The minimum Gasteiger partial charge on any atom is -0.478 e. The molecule has 0 spiro atoms. The molecule has 0 radical (unpaired) electrons. The maximum Gasteiger partial charge on any atom is 0.330 e. The molecule has 0 aliphatic rings. The van der Waals surface area contributed by atoms with Crippen molar-refractivity contribution in [3.63, 3.8) is 0 Å². The molecule has 0 aliphatic heterocycles. The van der Waals surface area contributed by atoms with Crippen LogP contribution in [0.1, 0.15) is 26.7 Å². The second-order valence-corrected chi connectivity index (χ2v) is 4.62. The van der Waals surface area contributed by atoms with Crippen molar-refractivity contribution < 1.29 is 28.8 Å². The Morgan fingerprint density at radius 1 is 1.24 bits per heavy atom. The topological polar surface area (TPSA) is 74.2 Å². The van der Waals surface area contributed by atoms with E-state index in [0.29, 0.717) is 39.3 Å². The lowest BCUT2D eigenvalue weighted by Crippen LogP contribution is -2.25. The molecule has 0 fully saturated rings. The van der Waals surface area contributed by atoms with Gasteiger partial charge in [-0.2, -0.15) is 0 Å². The molecule has 6 nitrogen and oxygen atoms in total. The van der Waals surface area contributed by atoms with Crippen LogP contribution in [-0.2, 0) is 23.7 Å². The van der Waals surface area contributed by atoms with E-state index in [4.69, 9.17) is 24.1 Å². The smallest absolute Gasteiger partial charge is 0.330 e. The van der Waals surface area contributed by atoms with Gasteiger partial charge in [0.25, 0.3) is 0 Å². The zero-order valence-corrected chi connectivity index (χ0v) is 12.9. The Bertz CT molecular complexity index is 313. The highest BCUT2D eigenvalue weighted by atomic mass is 16.7. The normalized spacial score (nSPS) is 12.1. The lowest BCUT2D eigenvalue weighted by molar-refractivity contribution is -0.164. The number of aliphatic carboxylic acids is 1. The van der Waals surface area contributed by atoms with Crippen LogP contribution in [0, 0.1) is 0 Å². The molecule has 0 aliphatic carbocycles. The Morgan fingerprint density at radius 3 is 2.48 bits per heavy atom. The molecule has 0 amide bonds. The highest BCUT2D eigenvalue weighted by Crippen LogP contribution is 2.03. The van der Waals surface area contributed by atoms with E-state index >= 15 is 0 Å². The minimum absolute atomic E-state index is 0.0390. The minimum atomic E-state index is -0.961. The summed E-state index contributed by atoms with van der Waals surface area (Å²) in [4.78, 5) is 10.5. The Balaban J connectivity index is 3.51. The van der Waals surface area contributed by atoms with E-state index in [0.717, 1.165) is 0 Å². The Kier molecular flexibility index (Phi) is 11.6. The number of hydrogen-bond donors (Lipinski definition) is 1. The van der Waals surface area contributed by atoms with Crippen LogP contribution in [0.5, 0.6) is 0 Å². The Hall–Kier alpha value is -1.37. The maximum atomic E-state index is 10.5. The number of ether oxygens (including phenoxy) is 4. The Morgan fingerprint density at radius 2 is 1.90 bits per heavy atom. The summed E-state index contributed by atoms with van der Waals surface area (Å²) in [6.45, 7) is 12.4. The summed E-state index contributed by atoms with van der Waals surface area (Å²) in [6, 6.07) is 0. The predicted molar refractivity (Wildman–Crippen MR) is 78.9 cm³/mol. The molecule has 21 heavy (non-hydrogen) atoms. The summed E-state index contributed by atoms with van der Waals surface area (Å²) in [5, 5.41) is 8.62. The number of carbonyl (C=O) groups is 1. The molecule has 1 atom stereocenters. The van der Waals surface area contributed by atoms with Crippen molar-refractivity contribution in [2.45, 2.75) is 39.1 Å². The van der Waals surface area contributed by atoms with Crippen LogP contribution in [0.2, 0.25) is 0 Å². The third-order valence-corrected chi connectivity index (χ3v) is 2.37. The SMILES string of the molecule is C=COC(COCCOCCCC(=C)C(=O)O)OC(C)C. The first-order valence-electron chi connectivity index (χ1n) is 6.95. The number of carboxylic acids is 1. The van der Waals surface area contributed by atoms with E-state index in [1.54, 1.807) is 0 Å². The van der Waals surface area contributed by atoms with Crippen molar-refractivity contribution >= 4 is 5.97 Å². The van der Waals surface area contributed by atoms with Crippen molar-refractivity contribution in [1.82, 2.24) is 0 Å². The van der Waals surface area contributed by atoms with Gasteiger partial charge in [0.1, 0.15) is 6.61 Å². The summed E-state index contributed by atoms with van der Waals surface area (Å²) < 4.78 is 21.3. The molecule has 122 valence electrons. The number of hydrogen-bond acceptors (Lipinski definition) is 5. The van der Waals surface area contributed by atoms with E-state index < -0.39 is 12.3 Å². The van der Waals surface area contributed by atoms with Gasteiger partial charge in [-0.3, -0.25) is 0 Å². The lowest BCUT2D eigenvalue weighted by Gasteiger charge is -2.19. The lowest BCUT2D eigenvalue weighted by atomic mass is 10.2. The van der Waals surface area contributed by atoms with E-state index in [1.165, 1.54) is 6.26 Å². The summed E-state index contributed by atoms with van der Waals surface area (Å²) in [5.74, 6) is -0.961. The number of rotatable bonds is 14. The fourth-order valence-electron chi connectivity index (χ4n) is 1.42. The van der Waals surface area contributed by atoms with Crippen LogP contribution in [0.3, 0.4) is 0 Å². The van der Waals surface area contributed by atoms with Gasteiger partial charge in [0.15, 0.2) is 0 Å². The van der Waals surface area contributed by atoms with Crippen LogP contribution in [-0.4, -0.2) is 49.9 Å². The molecule has 6 heteroatoms. The molecular formula is C15H26O6. The van der Waals surface area contributed by atoms with Gasteiger partial charge in [-0.25, -0.2) is 4.79 Å². The van der Waals surface area contributed by atoms with Crippen molar-refractivity contribution in [2.24, 2.45) is 0 Å². The van der Waals surface area contributed by atoms with Gasteiger partial charge in [-0.15, -0.1) is 0 Å². The van der Waals surface area contributed by atoms with Crippen LogP contribution in [0.15, 0.2) is 25.0 Å². The second kappa shape index (κ2) is 12.4. The second-order valence-electron chi connectivity index (χ2n) is 4.62. The molecule has 1 unspecified atom stereocenters. The Labute approximate surface area is 126 Å². The van der Waals surface area contributed by atoms with Crippen molar-refractivity contribution in [3.05, 3.63) is 25.0 Å². The third kappa shape index (κ3) is 12.1. The zero-order chi connectivity index (χ0) is 16.1. The largest absolute Gasteiger partial charge is 0.478 e. The van der Waals surface area contributed by atoms with Crippen LogP contribution < -0.4 is 0 Å². The molecule has 0 aromatic carbocycles. The van der Waals surface area contributed by atoms with E-state index in [9.17, 15) is 4.79 Å². The standard InChI is InChI=1S/C15H26O6/c1-5-20-14(21-12(2)3)11-19-10-9-18-8-6-7-13(4)15(16)17/h5,12,14H,1,4,6-11H2,2-3H3,(H,16,17). The molecule has 0 heterocycles. The fraction of sp³-hybridized carbons (Fsp3) is 0.667. The number of carboxylic acid groups (broad SMARTS) is 1. The van der Waals surface area contributed by atoms with Gasteiger partial charge in [-0.1, -0.05) is 13.2 Å². The van der Waals surface area contributed by atoms with Gasteiger partial charge in [0.2, 0.25) is 6.29 Å². The van der Waals surface area contributed by atoms with Gasteiger partial charge < -0.3 is 24.1 Å². The molecule has 0 rings (SSSR count). The van der Waals surface area contributed by atoms with Crippen molar-refractivity contribution in [3.8, 4) is 0 Å². The van der Waals surface area contributed by atoms with E-state index in [1.807, 2.05) is 13.8 Å². The monoisotopic (exact) mass is 302 g/mol. The molecule has 0 saturated heterocycles. The van der Waals surface area contributed by atoms with Crippen LogP contribution in [0.25, 0.3) is 0 Å². The first kappa shape index (κ1) is 19.6. The predicted octanol–water partition coefficient (Wildman–Crippen LogP) is 2.35. The van der Waals surface area contributed by atoms with Gasteiger partial charge in [-0.05, 0) is 26.7 Å². The van der Waals surface area contributed by atoms with Crippen molar-refractivity contribution in [2.75, 3.05) is 26.4 Å². The summed E-state index contributed by atoms with van der Waals surface area (Å²) in [5.41, 5.74) is 0.199. The first-order valence-corrected chi connectivity index (χ1v) is 6.95. The van der Waals surface area contributed by atoms with Crippen LogP contribution in [0.4, 0.5) is 0 Å². The summed E-state index contributed by atoms with van der Waals surface area (Å²) in [7, 11) is 0. The first-order chi connectivity index (χ1) is 9.97. The molecule has 1 N–H and O–H groups in total. The average Bonchev–Trinajstić information content (AvgIpc) is 2.40. The van der Waals surface area contributed by atoms with Crippen LogP contribution >= 0.6 is 0 Å². The average molecular weight is 302 g/mol. The highest BCUT2D eigenvalue weighted by molar-refractivity contribution is 5.85. The third-order valence-electron chi connectivity index (χ3n) is 2.37. The summed E-state index contributed by atoms with van der Waals surface area (Å²) >= 11 is 0. The summed E-state index contributed by atoms with van der Waals surface area (Å²) in [6.07, 6.45) is 1.94. The maximum absolute atomic E-state index is 10.5. The van der Waals surface area contributed by atoms with Crippen molar-refractivity contribution in [1.29, 1.82) is 0 Å².